The van der Waals surface area contributed by atoms with Crippen LogP contribution in [-0.4, -0.2) is 28.6 Å². The Bertz CT molecular complexity index is 1950. The molecule has 0 amide bonds. The van der Waals surface area contributed by atoms with Gasteiger partial charge in [0.2, 0.25) is 0 Å². The zero-order valence-electron chi connectivity index (χ0n) is 25.9. The van der Waals surface area contributed by atoms with Crippen LogP contribution in [0.25, 0.3) is 32.4 Å². The Hall–Kier alpha value is -4.12. The molecular formula is C41H40FN2O+. The minimum atomic E-state index is -0.223. The van der Waals surface area contributed by atoms with Gasteiger partial charge in [-0.1, -0.05) is 85.8 Å². The summed E-state index contributed by atoms with van der Waals surface area (Å²) < 4.78 is 22.4. The van der Waals surface area contributed by atoms with Gasteiger partial charge >= 0.3 is 0 Å². The van der Waals surface area contributed by atoms with Crippen molar-refractivity contribution in [3.63, 3.8) is 0 Å². The van der Waals surface area contributed by atoms with E-state index < -0.39 is 0 Å². The predicted molar refractivity (Wildman–Crippen MR) is 181 cm³/mol. The number of ether oxygens (including phenoxy) is 1. The van der Waals surface area contributed by atoms with Crippen molar-refractivity contribution < 1.29 is 13.6 Å². The zero-order valence-corrected chi connectivity index (χ0v) is 25.9. The molecule has 226 valence electrons. The van der Waals surface area contributed by atoms with Crippen molar-refractivity contribution in [1.82, 2.24) is 4.98 Å². The molecule has 0 saturated carbocycles. The average Bonchev–Trinajstić information content (AvgIpc) is 3.08. The van der Waals surface area contributed by atoms with Crippen LogP contribution in [0.5, 0.6) is 0 Å². The minimum absolute atomic E-state index is 0.150. The number of benzene rings is 5. The molecule has 4 heteroatoms. The summed E-state index contributed by atoms with van der Waals surface area (Å²) in [5.41, 5.74) is 4.51. The number of quaternary nitrogens is 1. The highest BCUT2D eigenvalue weighted by Gasteiger charge is 2.55. The van der Waals surface area contributed by atoms with E-state index in [0.717, 1.165) is 47.0 Å². The topological polar surface area (TPSA) is 22.1 Å². The van der Waals surface area contributed by atoms with Crippen molar-refractivity contribution >= 4 is 32.4 Å². The van der Waals surface area contributed by atoms with E-state index in [2.05, 4.69) is 91.9 Å². The van der Waals surface area contributed by atoms with Crippen molar-refractivity contribution in [2.75, 3.05) is 13.1 Å². The standard InChI is InChI=1S/C41H40FN2O/c1-2-29-25-44(26-38-34-14-5-3-11-31(34)23-32-12-4-6-15-35(32)38)21-19-30(29)24-40(44)41(45-27-28-10-9-13-33(42)22-28)37-18-20-43-39-17-8-7-16-36(37)39/h3-18,20,22-23,29-30,40-41H,2,19,21,24-27H2,1H3/q+1/t29-,30-,40+,41+,44-/m0/s1. The third-order valence-corrected chi connectivity index (χ3v) is 11.0. The summed E-state index contributed by atoms with van der Waals surface area (Å²) in [5, 5.41) is 6.47. The lowest BCUT2D eigenvalue weighted by molar-refractivity contribution is -0.985. The van der Waals surface area contributed by atoms with Crippen LogP contribution in [-0.2, 0) is 17.9 Å². The SMILES string of the molecule is CC[C@H]1C[N@+]2(Cc3c4ccccc4cc4ccccc34)CC[C@H]1C[C@@H]2[C@H](OCc1cccc(F)c1)c1ccnc2ccccc12. The molecule has 2 bridgehead atoms. The van der Waals surface area contributed by atoms with E-state index >= 15 is 0 Å². The highest BCUT2D eigenvalue weighted by atomic mass is 19.1. The van der Waals surface area contributed by atoms with Gasteiger partial charge in [0.15, 0.2) is 0 Å². The van der Waals surface area contributed by atoms with Gasteiger partial charge in [0.05, 0.1) is 25.2 Å². The molecule has 5 aromatic carbocycles. The Balaban J connectivity index is 1.29. The number of fused-ring (bicyclic) bond motifs is 6. The third-order valence-electron chi connectivity index (χ3n) is 11.0. The zero-order chi connectivity index (χ0) is 30.4. The van der Waals surface area contributed by atoms with Crippen LogP contribution in [0.2, 0.25) is 0 Å². The molecule has 3 nitrogen and oxygen atoms in total. The summed E-state index contributed by atoms with van der Waals surface area (Å²) in [7, 11) is 0. The van der Waals surface area contributed by atoms with E-state index in [0.29, 0.717) is 18.4 Å². The monoisotopic (exact) mass is 595 g/mol. The van der Waals surface area contributed by atoms with Gasteiger partial charge in [0, 0.05) is 35.9 Å². The highest BCUT2D eigenvalue weighted by molar-refractivity contribution is 6.02. The number of pyridine rings is 1. The first-order chi connectivity index (χ1) is 22.1. The number of piperidine rings is 3. The van der Waals surface area contributed by atoms with Gasteiger partial charge < -0.3 is 9.22 Å². The average molecular weight is 596 g/mol. The smallest absolute Gasteiger partial charge is 0.135 e. The molecule has 0 unspecified atom stereocenters. The van der Waals surface area contributed by atoms with Gasteiger partial charge in [-0.25, -0.2) is 4.39 Å². The Labute approximate surface area is 264 Å². The predicted octanol–water partition coefficient (Wildman–Crippen LogP) is 9.77. The van der Waals surface area contributed by atoms with Crippen LogP contribution in [0, 0.1) is 17.7 Å². The number of halogens is 1. The summed E-state index contributed by atoms with van der Waals surface area (Å²) in [4.78, 5) is 4.72. The quantitative estimate of drug-likeness (QED) is 0.129. The first-order valence-electron chi connectivity index (χ1n) is 16.6. The largest absolute Gasteiger partial charge is 0.363 e. The fourth-order valence-electron chi connectivity index (χ4n) is 8.83. The van der Waals surface area contributed by atoms with Gasteiger partial charge in [0.25, 0.3) is 0 Å². The molecule has 6 aromatic rings. The fourth-order valence-corrected chi connectivity index (χ4v) is 8.83. The van der Waals surface area contributed by atoms with Crippen LogP contribution in [0.3, 0.4) is 0 Å². The summed E-state index contributed by atoms with van der Waals surface area (Å²) in [6.45, 7) is 6.02. The van der Waals surface area contributed by atoms with Crippen molar-refractivity contribution in [2.45, 2.75) is 51.5 Å². The van der Waals surface area contributed by atoms with Crippen LogP contribution in [0.15, 0.2) is 115 Å². The summed E-state index contributed by atoms with van der Waals surface area (Å²) >= 11 is 0. The maximum absolute atomic E-state index is 14.3. The van der Waals surface area contributed by atoms with Crippen LogP contribution < -0.4 is 0 Å². The molecule has 0 spiro atoms. The third kappa shape index (κ3) is 5.10. The van der Waals surface area contributed by atoms with Crippen LogP contribution in [0.1, 0.15) is 49.0 Å². The van der Waals surface area contributed by atoms with Crippen molar-refractivity contribution in [1.29, 1.82) is 0 Å². The Morgan fingerprint density at radius 2 is 1.58 bits per heavy atom. The minimum Gasteiger partial charge on any atom is -0.363 e. The number of hydrogen-bond acceptors (Lipinski definition) is 2. The van der Waals surface area contributed by atoms with Crippen LogP contribution in [0.4, 0.5) is 4.39 Å². The summed E-state index contributed by atoms with van der Waals surface area (Å²) in [5.74, 6) is 1.17. The molecule has 3 aliphatic rings. The van der Waals surface area contributed by atoms with Gasteiger partial charge in [-0.05, 0) is 75.3 Å². The molecule has 0 radical (unpaired) electrons. The molecule has 5 atom stereocenters. The number of para-hydroxylation sites is 1. The van der Waals surface area contributed by atoms with E-state index in [9.17, 15) is 4.39 Å². The molecule has 9 rings (SSSR count). The molecule has 1 aromatic heterocycles. The second kappa shape index (κ2) is 11.7. The van der Waals surface area contributed by atoms with Gasteiger partial charge in [0.1, 0.15) is 24.5 Å². The second-order valence-electron chi connectivity index (χ2n) is 13.4. The fraction of sp³-hybridized carbons (Fsp3) is 0.293. The molecule has 0 aliphatic carbocycles. The van der Waals surface area contributed by atoms with Gasteiger partial charge in [-0.3, -0.25) is 4.98 Å². The number of aromatic nitrogens is 1. The van der Waals surface area contributed by atoms with Crippen molar-refractivity contribution in [3.8, 4) is 0 Å². The Kier molecular flexibility index (Phi) is 7.35. The molecule has 4 heterocycles. The number of hydrogen-bond donors (Lipinski definition) is 0. The lowest BCUT2D eigenvalue weighted by atomic mass is 9.70. The summed E-state index contributed by atoms with van der Waals surface area (Å²) in [6, 6.07) is 37.9. The van der Waals surface area contributed by atoms with Gasteiger partial charge in [-0.2, -0.15) is 0 Å². The first kappa shape index (κ1) is 28.4. The van der Waals surface area contributed by atoms with E-state index in [4.69, 9.17) is 9.72 Å². The normalized spacial score (nSPS) is 23.6. The van der Waals surface area contributed by atoms with Crippen molar-refractivity contribution in [3.05, 3.63) is 138 Å². The molecule has 3 aliphatic heterocycles. The van der Waals surface area contributed by atoms with E-state index in [1.807, 2.05) is 12.3 Å². The Morgan fingerprint density at radius 1 is 0.844 bits per heavy atom. The number of rotatable bonds is 8. The van der Waals surface area contributed by atoms with Gasteiger partial charge in [-0.15, -0.1) is 0 Å². The maximum atomic E-state index is 14.3. The molecule has 3 fully saturated rings. The summed E-state index contributed by atoms with van der Waals surface area (Å²) in [6.07, 6.45) is 5.38. The highest BCUT2D eigenvalue weighted by Crippen LogP contribution is 2.50. The maximum Gasteiger partial charge on any atom is 0.135 e. The van der Waals surface area contributed by atoms with Crippen molar-refractivity contribution in [2.24, 2.45) is 11.8 Å². The lowest BCUT2D eigenvalue weighted by Crippen LogP contribution is -2.67. The second-order valence-corrected chi connectivity index (χ2v) is 13.4. The molecule has 0 N–H and O–H groups in total. The van der Waals surface area contributed by atoms with Crippen LogP contribution >= 0.6 is 0 Å². The molecule has 3 saturated heterocycles. The number of nitrogens with zero attached hydrogens (tertiary/aromatic N) is 2. The molecule has 45 heavy (non-hydrogen) atoms. The van der Waals surface area contributed by atoms with E-state index in [1.54, 1.807) is 12.1 Å². The Morgan fingerprint density at radius 3 is 2.33 bits per heavy atom. The van der Waals surface area contributed by atoms with E-state index in [-0.39, 0.29) is 18.0 Å². The first-order valence-corrected chi connectivity index (χ1v) is 16.6. The van der Waals surface area contributed by atoms with E-state index in [1.165, 1.54) is 51.6 Å². The lowest BCUT2D eigenvalue weighted by Gasteiger charge is -2.59. The molecular weight excluding hydrogens is 555 g/mol.